The summed E-state index contributed by atoms with van der Waals surface area (Å²) in [5.74, 6) is 0.921. The smallest absolute Gasteiger partial charge is 0.189 e. The van der Waals surface area contributed by atoms with Crippen molar-refractivity contribution in [1.29, 1.82) is 0 Å². The Morgan fingerprint density at radius 1 is 1.57 bits per heavy atom. The molecule has 1 aliphatic heterocycles. The van der Waals surface area contributed by atoms with Crippen LogP contribution < -0.4 is 10.6 Å². The van der Waals surface area contributed by atoms with Gasteiger partial charge in [0.05, 0.1) is 5.56 Å². The van der Waals surface area contributed by atoms with Gasteiger partial charge in [0.25, 0.3) is 0 Å². The van der Waals surface area contributed by atoms with Gasteiger partial charge in [-0.3, -0.25) is 0 Å². The molecule has 1 aliphatic rings. The lowest BCUT2D eigenvalue weighted by Gasteiger charge is -2.24. The van der Waals surface area contributed by atoms with Crippen molar-refractivity contribution in [2.45, 2.75) is 5.16 Å². The van der Waals surface area contributed by atoms with E-state index in [-0.39, 0.29) is 0 Å². The number of fused-ring (bicyclic) bond motifs is 1. The number of nitrogens with zero attached hydrogens (tertiary/aromatic N) is 3. The monoisotopic (exact) mass is 208 g/mol. The number of hydrogen-bond acceptors (Lipinski definition) is 5. The van der Waals surface area contributed by atoms with Gasteiger partial charge < -0.3 is 10.6 Å². The van der Waals surface area contributed by atoms with E-state index in [0.29, 0.717) is 0 Å². The van der Waals surface area contributed by atoms with Gasteiger partial charge in [-0.25, -0.2) is 9.97 Å². The molecule has 2 rings (SSSR count). The number of likely N-dealkylation sites (N-methyl/N-ethyl adjacent to an activating group) is 1. The van der Waals surface area contributed by atoms with Crippen molar-refractivity contribution in [3.8, 4) is 0 Å². The second kappa shape index (κ2) is 3.49. The Hall–Kier alpha value is -1.23. The summed E-state index contributed by atoms with van der Waals surface area (Å²) in [5, 5.41) is 0.783. The lowest BCUT2D eigenvalue weighted by Crippen LogP contribution is -2.25. The van der Waals surface area contributed by atoms with Gasteiger partial charge in [-0.15, -0.1) is 0 Å². The molecule has 74 valence electrons. The predicted octanol–water partition coefficient (Wildman–Crippen LogP) is 0.948. The number of anilines is 1. The Morgan fingerprint density at radius 3 is 3.07 bits per heavy atom. The highest BCUT2D eigenvalue weighted by Crippen LogP contribution is 2.26. The summed E-state index contributed by atoms with van der Waals surface area (Å²) >= 11 is 1.54. The first kappa shape index (κ1) is 9.33. The zero-order valence-corrected chi connectivity index (χ0v) is 9.01. The van der Waals surface area contributed by atoms with E-state index in [9.17, 15) is 0 Å². The van der Waals surface area contributed by atoms with E-state index in [1.54, 1.807) is 6.20 Å². The van der Waals surface area contributed by atoms with Gasteiger partial charge in [-0.05, 0) is 12.3 Å². The SMILES string of the molecule is CSc1ncc2c(n1)N(C)CC=C2N. The minimum absolute atomic E-state index is 0.769. The third kappa shape index (κ3) is 1.43. The molecule has 1 aromatic rings. The quantitative estimate of drug-likeness (QED) is 0.550. The Bertz CT molecular complexity index is 388. The minimum atomic E-state index is 0.769. The molecular weight excluding hydrogens is 196 g/mol. The van der Waals surface area contributed by atoms with E-state index in [1.165, 1.54) is 11.8 Å². The number of hydrogen-bond donors (Lipinski definition) is 1. The first-order valence-corrected chi connectivity index (χ1v) is 5.53. The van der Waals surface area contributed by atoms with Crippen LogP contribution in [0.25, 0.3) is 5.70 Å². The van der Waals surface area contributed by atoms with E-state index in [0.717, 1.165) is 28.8 Å². The molecule has 4 nitrogen and oxygen atoms in total. The third-order valence-electron chi connectivity index (χ3n) is 2.19. The third-order valence-corrected chi connectivity index (χ3v) is 2.75. The van der Waals surface area contributed by atoms with Crippen LogP contribution in [0.1, 0.15) is 5.56 Å². The fourth-order valence-corrected chi connectivity index (χ4v) is 1.72. The Balaban J connectivity index is 2.53. The zero-order chi connectivity index (χ0) is 10.1. The van der Waals surface area contributed by atoms with Gasteiger partial charge in [0.2, 0.25) is 0 Å². The van der Waals surface area contributed by atoms with Crippen LogP contribution >= 0.6 is 11.8 Å². The number of thioether (sulfide) groups is 1. The summed E-state index contributed by atoms with van der Waals surface area (Å²) in [6.45, 7) is 0.809. The fraction of sp³-hybridized carbons (Fsp3) is 0.333. The summed E-state index contributed by atoms with van der Waals surface area (Å²) < 4.78 is 0. The van der Waals surface area contributed by atoms with Crippen molar-refractivity contribution in [1.82, 2.24) is 9.97 Å². The topological polar surface area (TPSA) is 55.0 Å². The zero-order valence-electron chi connectivity index (χ0n) is 8.19. The number of nitrogens with two attached hydrogens (primary N) is 1. The maximum absolute atomic E-state index is 5.85. The molecule has 1 aromatic heterocycles. The molecule has 0 radical (unpaired) electrons. The maximum atomic E-state index is 5.85. The van der Waals surface area contributed by atoms with Crippen molar-refractivity contribution < 1.29 is 0 Å². The van der Waals surface area contributed by atoms with Crippen LogP contribution in [0.5, 0.6) is 0 Å². The van der Waals surface area contributed by atoms with Gasteiger partial charge in [0.1, 0.15) is 5.82 Å². The molecule has 5 heteroatoms. The molecule has 0 saturated heterocycles. The Kier molecular flexibility index (Phi) is 2.33. The number of rotatable bonds is 1. The summed E-state index contributed by atoms with van der Waals surface area (Å²) in [5.41, 5.74) is 7.54. The summed E-state index contributed by atoms with van der Waals surface area (Å²) in [4.78, 5) is 10.7. The van der Waals surface area contributed by atoms with E-state index in [1.807, 2.05) is 19.4 Å². The van der Waals surface area contributed by atoms with E-state index in [2.05, 4.69) is 14.9 Å². The lowest BCUT2D eigenvalue weighted by molar-refractivity contribution is 0.887. The molecule has 2 N–H and O–H groups in total. The van der Waals surface area contributed by atoms with Gasteiger partial charge in [-0.2, -0.15) is 0 Å². The van der Waals surface area contributed by atoms with E-state index >= 15 is 0 Å². The minimum Gasteiger partial charge on any atom is -0.398 e. The van der Waals surface area contributed by atoms with Crippen molar-refractivity contribution in [3.05, 3.63) is 17.8 Å². The van der Waals surface area contributed by atoms with Crippen molar-refractivity contribution in [2.75, 3.05) is 24.7 Å². The van der Waals surface area contributed by atoms with Crippen LogP contribution in [0.3, 0.4) is 0 Å². The van der Waals surface area contributed by atoms with Crippen LogP contribution in [0.4, 0.5) is 5.82 Å². The molecular formula is C9H12N4S. The predicted molar refractivity (Wildman–Crippen MR) is 59.2 cm³/mol. The second-order valence-corrected chi connectivity index (χ2v) is 3.91. The average molecular weight is 208 g/mol. The summed E-state index contributed by atoms with van der Waals surface area (Å²) in [6.07, 6.45) is 5.73. The van der Waals surface area contributed by atoms with E-state index < -0.39 is 0 Å². The Morgan fingerprint density at radius 2 is 2.36 bits per heavy atom. The van der Waals surface area contributed by atoms with Crippen LogP contribution in [0.15, 0.2) is 17.4 Å². The molecule has 14 heavy (non-hydrogen) atoms. The fourth-order valence-electron chi connectivity index (χ4n) is 1.38. The van der Waals surface area contributed by atoms with Crippen LogP contribution in [-0.2, 0) is 0 Å². The molecule has 0 atom stereocenters. The standard InChI is InChI=1S/C9H12N4S/c1-13-4-3-7(10)6-5-11-9(14-2)12-8(6)13/h3,5H,4,10H2,1-2H3. The largest absolute Gasteiger partial charge is 0.398 e. The van der Waals surface area contributed by atoms with Crippen molar-refractivity contribution >= 4 is 23.3 Å². The molecule has 0 fully saturated rings. The maximum Gasteiger partial charge on any atom is 0.189 e. The van der Waals surface area contributed by atoms with Gasteiger partial charge in [-0.1, -0.05) is 11.8 Å². The first-order chi connectivity index (χ1) is 6.72. The second-order valence-electron chi connectivity index (χ2n) is 3.13. The van der Waals surface area contributed by atoms with Crippen LogP contribution in [0.2, 0.25) is 0 Å². The molecule has 0 saturated carbocycles. The summed E-state index contributed by atoms with van der Waals surface area (Å²) in [6, 6.07) is 0. The molecule has 0 spiro atoms. The molecule has 0 unspecified atom stereocenters. The van der Waals surface area contributed by atoms with Crippen molar-refractivity contribution in [2.24, 2.45) is 5.73 Å². The van der Waals surface area contributed by atoms with Gasteiger partial charge in [0.15, 0.2) is 5.16 Å². The highest BCUT2D eigenvalue weighted by Gasteiger charge is 2.16. The van der Waals surface area contributed by atoms with Crippen molar-refractivity contribution in [3.63, 3.8) is 0 Å². The summed E-state index contributed by atoms with van der Waals surface area (Å²) in [7, 11) is 2.00. The number of aromatic nitrogens is 2. The van der Waals surface area contributed by atoms with Crippen LogP contribution in [-0.4, -0.2) is 29.8 Å². The first-order valence-electron chi connectivity index (χ1n) is 4.30. The average Bonchev–Trinajstić information content (AvgIpc) is 2.23. The molecule has 0 aliphatic carbocycles. The Labute approximate surface area is 87.2 Å². The normalized spacial score (nSPS) is 15.0. The highest BCUT2D eigenvalue weighted by molar-refractivity contribution is 7.98. The molecule has 0 aromatic carbocycles. The highest BCUT2D eigenvalue weighted by atomic mass is 32.2. The molecule has 0 amide bonds. The lowest BCUT2D eigenvalue weighted by atomic mass is 10.1. The molecule has 0 bridgehead atoms. The van der Waals surface area contributed by atoms with Gasteiger partial charge in [0, 0.05) is 25.5 Å². The van der Waals surface area contributed by atoms with Crippen LogP contribution in [0, 0.1) is 0 Å². The van der Waals surface area contributed by atoms with E-state index in [4.69, 9.17) is 5.73 Å². The van der Waals surface area contributed by atoms with Gasteiger partial charge >= 0.3 is 0 Å². The molecule has 2 heterocycles.